The molecule has 1 atom stereocenters. The third-order valence-corrected chi connectivity index (χ3v) is 9.78. The minimum absolute atomic E-state index is 0.458. The van der Waals surface area contributed by atoms with E-state index >= 15 is 0 Å². The van der Waals surface area contributed by atoms with E-state index in [0.717, 1.165) is 11.3 Å². The molecule has 1 aliphatic heterocycles. The number of nitrogens with one attached hydrogen (secondary N) is 1. The Balaban J connectivity index is 0.000000239. The Morgan fingerprint density at radius 3 is 1.77 bits per heavy atom. The molecule has 2 nitrogen and oxygen atoms in total. The molecule has 3 aromatic carbocycles. The van der Waals surface area contributed by atoms with E-state index in [2.05, 4.69) is 168 Å². The Morgan fingerprint density at radius 1 is 0.660 bits per heavy atom. The van der Waals surface area contributed by atoms with Gasteiger partial charge in [0, 0.05) is 21.9 Å². The van der Waals surface area contributed by atoms with E-state index in [1.807, 2.05) is 25.6 Å². The van der Waals surface area contributed by atoms with Gasteiger partial charge in [-0.25, -0.2) is 0 Å². The molecule has 1 N–H and O–H groups in total. The second kappa shape index (κ2) is 19.2. The molecule has 0 saturated heterocycles. The molecule has 1 aromatic heterocycles. The number of furan rings is 1. The van der Waals surface area contributed by atoms with Gasteiger partial charge in [0.2, 0.25) is 0 Å². The summed E-state index contributed by atoms with van der Waals surface area (Å²) in [5.41, 5.74) is 9.26. The summed E-state index contributed by atoms with van der Waals surface area (Å²) in [7, 11) is 0. The van der Waals surface area contributed by atoms with Gasteiger partial charge in [0.1, 0.15) is 11.3 Å². The van der Waals surface area contributed by atoms with E-state index in [1.165, 1.54) is 43.8 Å². The molecule has 47 heavy (non-hydrogen) atoms. The van der Waals surface area contributed by atoms with Gasteiger partial charge in [-0.3, -0.25) is 0 Å². The Labute approximate surface area is 293 Å². The van der Waals surface area contributed by atoms with Crippen LogP contribution in [0.2, 0.25) is 0 Å². The number of fused-ring (bicyclic) bond motifs is 2. The van der Waals surface area contributed by atoms with Crippen LogP contribution in [0.3, 0.4) is 0 Å². The van der Waals surface area contributed by atoms with Gasteiger partial charge >= 0.3 is 0 Å². The lowest BCUT2D eigenvalue weighted by atomic mass is 9.97. The maximum atomic E-state index is 5.76. The first kappa shape index (κ1) is 40.3. The fourth-order valence-electron chi connectivity index (χ4n) is 4.96. The van der Waals surface area contributed by atoms with Crippen LogP contribution < -0.4 is 5.32 Å². The van der Waals surface area contributed by atoms with Crippen molar-refractivity contribution >= 4 is 34.5 Å². The molecule has 0 spiro atoms. The van der Waals surface area contributed by atoms with Crippen molar-refractivity contribution in [1.82, 2.24) is 0 Å². The van der Waals surface area contributed by atoms with E-state index in [4.69, 9.17) is 4.42 Å². The maximum Gasteiger partial charge on any atom is 0.134 e. The molecule has 0 saturated carbocycles. The summed E-state index contributed by atoms with van der Waals surface area (Å²) < 4.78 is 5.76. The topological polar surface area (TPSA) is 25.2 Å². The van der Waals surface area contributed by atoms with E-state index in [-0.39, 0.29) is 0 Å². The number of thioether (sulfide) groups is 1. The molecule has 4 aromatic rings. The third kappa shape index (κ3) is 12.2. The molecular weight excluding hydrogens is 591 g/mol. The van der Waals surface area contributed by atoms with Gasteiger partial charge in [0.05, 0.1) is 5.37 Å². The molecule has 0 fully saturated rings. The standard InChI is InChI=1S/C15H22.C14H18O.C13H19NS.C2H6/c1-11(2)6-8-15-10-14(12(3)4)9-7-13(15)5;1-9(2)11-5-6-13-12(7-11)8-14(15-13)10(3)4;1-8(2)10-5-6-12-11(7-10)14-13(15-12)9(3)4;1-2/h6-12H,1-5H3;5-10H,1-4H3;5-9,13-14H,1-4H3;1-2H3/b8-6+;;;. The fraction of sp³-hybridized carbons (Fsp3) is 0.500. The van der Waals surface area contributed by atoms with Crippen molar-refractivity contribution in [2.45, 2.75) is 138 Å². The number of anilines is 1. The average Bonchev–Trinajstić information content (AvgIpc) is 3.66. The highest BCUT2D eigenvalue weighted by atomic mass is 32.2. The summed E-state index contributed by atoms with van der Waals surface area (Å²) in [5, 5.41) is 5.36. The molecule has 0 bridgehead atoms. The molecule has 0 radical (unpaired) electrons. The Hall–Kier alpha value is -2.91. The number of hydrogen-bond acceptors (Lipinski definition) is 3. The number of rotatable bonds is 7. The van der Waals surface area contributed by atoms with Gasteiger partial charge in [-0.05, 0) is 94.7 Å². The van der Waals surface area contributed by atoms with Crippen LogP contribution in [0.15, 0.2) is 76.1 Å². The molecule has 2 heterocycles. The van der Waals surface area contributed by atoms with Crippen molar-refractivity contribution in [3.8, 4) is 0 Å². The van der Waals surface area contributed by atoms with Crippen molar-refractivity contribution in [1.29, 1.82) is 0 Å². The van der Waals surface area contributed by atoms with Gasteiger partial charge in [0.25, 0.3) is 0 Å². The molecule has 0 amide bonds. The molecule has 1 aliphatic rings. The van der Waals surface area contributed by atoms with Crippen LogP contribution in [0, 0.1) is 18.8 Å². The maximum absolute atomic E-state index is 5.76. The lowest BCUT2D eigenvalue weighted by molar-refractivity contribution is 0.521. The van der Waals surface area contributed by atoms with Gasteiger partial charge in [0.15, 0.2) is 0 Å². The second-order valence-electron chi connectivity index (χ2n) is 14.5. The Morgan fingerprint density at radius 2 is 1.21 bits per heavy atom. The van der Waals surface area contributed by atoms with Crippen LogP contribution in [0.1, 0.15) is 154 Å². The number of aryl methyl sites for hydroxylation is 1. The molecule has 258 valence electrons. The van der Waals surface area contributed by atoms with Crippen LogP contribution in [-0.2, 0) is 0 Å². The normalized spacial score (nSPS) is 13.9. The van der Waals surface area contributed by atoms with Gasteiger partial charge in [-0.2, -0.15) is 0 Å². The number of allylic oxidation sites excluding steroid dienone is 1. The Bertz CT molecular complexity index is 1530. The van der Waals surface area contributed by atoms with Crippen LogP contribution in [-0.4, -0.2) is 5.37 Å². The largest absolute Gasteiger partial charge is 0.461 e. The van der Waals surface area contributed by atoms with Crippen LogP contribution in [0.25, 0.3) is 17.0 Å². The van der Waals surface area contributed by atoms with E-state index < -0.39 is 0 Å². The summed E-state index contributed by atoms with van der Waals surface area (Å²) in [5.74, 6) is 4.62. The van der Waals surface area contributed by atoms with Crippen LogP contribution in [0.5, 0.6) is 0 Å². The van der Waals surface area contributed by atoms with Crippen molar-refractivity contribution in [2.24, 2.45) is 11.8 Å². The zero-order valence-corrected chi connectivity index (χ0v) is 33.1. The third-order valence-electron chi connectivity index (χ3n) is 8.25. The number of benzene rings is 3. The fourth-order valence-corrected chi connectivity index (χ4v) is 6.09. The molecule has 3 heteroatoms. The van der Waals surface area contributed by atoms with Gasteiger partial charge in [-0.15, -0.1) is 0 Å². The predicted octanol–water partition coefficient (Wildman–Crippen LogP) is 14.8. The lowest BCUT2D eigenvalue weighted by Gasteiger charge is -2.13. The van der Waals surface area contributed by atoms with Gasteiger partial charge in [-0.1, -0.05) is 151 Å². The minimum atomic E-state index is 0.458. The molecular formula is C44H65NOS. The second-order valence-corrected chi connectivity index (χ2v) is 15.6. The first-order chi connectivity index (χ1) is 22.2. The average molecular weight is 656 g/mol. The van der Waals surface area contributed by atoms with Crippen molar-refractivity contribution in [3.05, 3.63) is 100 Å². The Kier molecular flexibility index (Phi) is 16.4. The smallest absolute Gasteiger partial charge is 0.134 e. The molecule has 0 aliphatic carbocycles. The predicted molar refractivity (Wildman–Crippen MR) is 214 cm³/mol. The van der Waals surface area contributed by atoms with Crippen LogP contribution >= 0.6 is 11.8 Å². The summed E-state index contributed by atoms with van der Waals surface area (Å²) in [6, 6.07) is 22.2. The summed E-state index contributed by atoms with van der Waals surface area (Å²) in [6.45, 7) is 32.8. The lowest BCUT2D eigenvalue weighted by Crippen LogP contribution is -2.16. The monoisotopic (exact) mass is 655 g/mol. The number of hydrogen-bond donors (Lipinski definition) is 1. The first-order valence-electron chi connectivity index (χ1n) is 18.0. The minimum Gasteiger partial charge on any atom is -0.461 e. The van der Waals surface area contributed by atoms with Crippen molar-refractivity contribution in [3.63, 3.8) is 0 Å². The SMILES string of the molecule is CC.CC(C)c1ccc2c(c1)NC(C(C)C)S2.CC(C)c1ccc2oc(C(C)C)cc2c1.Cc1ccc(C(C)C)cc1/C=C/C(C)C. The summed E-state index contributed by atoms with van der Waals surface area (Å²) in [4.78, 5) is 1.40. The van der Waals surface area contributed by atoms with Crippen molar-refractivity contribution < 1.29 is 4.42 Å². The quantitative estimate of drug-likeness (QED) is 0.214. The highest BCUT2D eigenvalue weighted by Gasteiger charge is 2.24. The van der Waals surface area contributed by atoms with Gasteiger partial charge < -0.3 is 9.73 Å². The summed E-state index contributed by atoms with van der Waals surface area (Å²) >= 11 is 1.95. The highest BCUT2D eigenvalue weighted by molar-refractivity contribution is 8.00. The highest BCUT2D eigenvalue weighted by Crippen LogP contribution is 2.42. The first-order valence-corrected chi connectivity index (χ1v) is 18.9. The van der Waals surface area contributed by atoms with Crippen molar-refractivity contribution in [2.75, 3.05) is 5.32 Å². The zero-order valence-electron chi connectivity index (χ0n) is 32.3. The summed E-state index contributed by atoms with van der Waals surface area (Å²) in [6.07, 6.45) is 4.50. The molecule has 5 rings (SSSR count). The van der Waals surface area contributed by atoms with E-state index in [0.29, 0.717) is 40.9 Å². The van der Waals surface area contributed by atoms with E-state index in [1.54, 1.807) is 0 Å². The zero-order chi connectivity index (χ0) is 35.4. The van der Waals surface area contributed by atoms with Crippen LogP contribution in [0.4, 0.5) is 5.69 Å². The molecule has 1 unspecified atom stereocenters. The van der Waals surface area contributed by atoms with E-state index in [9.17, 15) is 0 Å².